The highest BCUT2D eigenvalue weighted by atomic mass is 32.1. The molecule has 0 unspecified atom stereocenters. The average molecular weight is 401 g/mol. The van der Waals surface area contributed by atoms with Crippen molar-refractivity contribution in [3.63, 3.8) is 0 Å². The highest BCUT2D eigenvalue weighted by Crippen LogP contribution is 2.33. The second-order valence-corrected chi connectivity index (χ2v) is 8.10. The van der Waals surface area contributed by atoms with Crippen molar-refractivity contribution in [2.45, 2.75) is 39.3 Å². The largest absolute Gasteiger partial charge is 0.378 e. The average Bonchev–Trinajstić information content (AvgIpc) is 3.38. The van der Waals surface area contributed by atoms with Crippen LogP contribution in [0, 0.1) is 11.3 Å². The fourth-order valence-electron chi connectivity index (χ4n) is 3.52. The van der Waals surface area contributed by atoms with Crippen molar-refractivity contribution in [3.8, 4) is 6.07 Å². The number of hydrogen-bond acceptors (Lipinski definition) is 4. The summed E-state index contributed by atoms with van der Waals surface area (Å²) in [7, 11) is 0. The molecule has 0 fully saturated rings. The third-order valence-corrected chi connectivity index (χ3v) is 6.25. The first-order valence-corrected chi connectivity index (χ1v) is 10.9. The Morgan fingerprint density at radius 1 is 1.17 bits per heavy atom. The fraction of sp³-hybridized carbons (Fsp3) is 0.250. The van der Waals surface area contributed by atoms with E-state index in [0.717, 1.165) is 30.8 Å². The van der Waals surface area contributed by atoms with Gasteiger partial charge in [-0.05, 0) is 52.9 Å². The van der Waals surface area contributed by atoms with Gasteiger partial charge in [-0.3, -0.25) is 0 Å². The van der Waals surface area contributed by atoms with E-state index in [4.69, 9.17) is 5.26 Å². The lowest BCUT2D eigenvalue weighted by atomic mass is 10.1. The summed E-state index contributed by atoms with van der Waals surface area (Å²) in [6.45, 7) is 3.70. The molecule has 0 spiro atoms. The Labute approximate surface area is 175 Å². The highest BCUT2D eigenvalue weighted by Gasteiger charge is 2.09. The van der Waals surface area contributed by atoms with Crippen LogP contribution in [0.1, 0.15) is 42.1 Å². The maximum atomic E-state index is 8.95. The van der Waals surface area contributed by atoms with Gasteiger partial charge in [0.2, 0.25) is 0 Å². The van der Waals surface area contributed by atoms with Gasteiger partial charge in [0.05, 0.1) is 40.6 Å². The fourth-order valence-corrected chi connectivity index (χ4v) is 4.61. The quantitative estimate of drug-likeness (QED) is 0.396. The molecule has 0 bridgehead atoms. The predicted octanol–water partition coefficient (Wildman–Crippen LogP) is 5.97. The number of aromatic nitrogens is 2. The summed E-state index contributed by atoms with van der Waals surface area (Å²) in [6.07, 6.45) is 7.38. The number of hydrogen-bond donors (Lipinski definition) is 1. The Morgan fingerprint density at radius 3 is 2.83 bits per heavy atom. The van der Waals surface area contributed by atoms with Crippen LogP contribution < -0.4 is 5.32 Å². The van der Waals surface area contributed by atoms with E-state index in [1.54, 1.807) is 0 Å². The molecule has 0 aliphatic carbocycles. The van der Waals surface area contributed by atoms with Gasteiger partial charge in [0.25, 0.3) is 0 Å². The summed E-state index contributed by atoms with van der Waals surface area (Å²) in [5, 5.41) is 16.2. The highest BCUT2D eigenvalue weighted by molar-refractivity contribution is 7.18. The third kappa shape index (κ3) is 4.33. The monoisotopic (exact) mass is 400 g/mol. The van der Waals surface area contributed by atoms with E-state index in [-0.39, 0.29) is 0 Å². The number of benzene rings is 2. The van der Waals surface area contributed by atoms with Crippen molar-refractivity contribution in [1.29, 1.82) is 5.26 Å². The van der Waals surface area contributed by atoms with Crippen LogP contribution in [0.15, 0.2) is 60.4 Å². The van der Waals surface area contributed by atoms with Gasteiger partial charge in [0, 0.05) is 12.7 Å². The smallest absolute Gasteiger partial charge is 0.0991 e. The van der Waals surface area contributed by atoms with Crippen LogP contribution in [0.4, 0.5) is 5.69 Å². The summed E-state index contributed by atoms with van der Waals surface area (Å²) in [6, 6.07) is 16.4. The van der Waals surface area contributed by atoms with Crippen LogP contribution in [0.25, 0.3) is 10.1 Å². The molecule has 2 aromatic heterocycles. The Hall–Kier alpha value is -3.10. The van der Waals surface area contributed by atoms with Gasteiger partial charge in [-0.25, -0.2) is 4.98 Å². The van der Waals surface area contributed by atoms with E-state index in [9.17, 15) is 0 Å². The molecular weight excluding hydrogens is 376 g/mol. The zero-order chi connectivity index (χ0) is 20.1. The van der Waals surface area contributed by atoms with Crippen LogP contribution in [-0.2, 0) is 19.5 Å². The molecule has 0 radical (unpaired) electrons. The lowest BCUT2D eigenvalue weighted by molar-refractivity contribution is 0.749. The van der Waals surface area contributed by atoms with Gasteiger partial charge in [0.1, 0.15) is 0 Å². The van der Waals surface area contributed by atoms with Crippen molar-refractivity contribution in [3.05, 3.63) is 82.8 Å². The molecule has 4 aromatic rings. The van der Waals surface area contributed by atoms with Gasteiger partial charge in [-0.15, -0.1) is 11.3 Å². The number of fused-ring (bicyclic) bond motifs is 1. The van der Waals surface area contributed by atoms with Gasteiger partial charge in [-0.2, -0.15) is 5.26 Å². The predicted molar refractivity (Wildman–Crippen MR) is 120 cm³/mol. The zero-order valence-electron chi connectivity index (χ0n) is 16.6. The summed E-state index contributed by atoms with van der Waals surface area (Å²) >= 11 is 1.83. The van der Waals surface area contributed by atoms with Crippen molar-refractivity contribution < 1.29 is 0 Å². The number of nitrogens with one attached hydrogen (secondary N) is 1. The van der Waals surface area contributed by atoms with Gasteiger partial charge in [-0.1, -0.05) is 37.6 Å². The Balaban J connectivity index is 1.48. The standard InChI is InChI=1S/C24H24N4S/c1-2-3-5-20-16-29-24-22(20)6-4-7-23(24)27-14-21-13-26-17-28(21)15-19-10-8-18(12-25)9-11-19/h4,6-11,13,16-17,27H,2-3,5,14-15H2,1H3. The number of unbranched alkanes of at least 4 members (excludes halogenated alkanes) is 1. The molecule has 2 heterocycles. The Kier molecular flexibility index (Phi) is 5.92. The minimum Gasteiger partial charge on any atom is -0.378 e. The summed E-state index contributed by atoms with van der Waals surface area (Å²) in [5.41, 5.74) is 5.62. The number of nitriles is 1. The number of aryl methyl sites for hydroxylation is 1. The third-order valence-electron chi connectivity index (χ3n) is 5.17. The van der Waals surface area contributed by atoms with Gasteiger partial charge < -0.3 is 9.88 Å². The molecule has 5 heteroatoms. The summed E-state index contributed by atoms with van der Waals surface area (Å²) in [5.74, 6) is 0. The molecule has 0 aliphatic heterocycles. The van der Waals surface area contributed by atoms with E-state index >= 15 is 0 Å². The maximum absolute atomic E-state index is 8.95. The second-order valence-electron chi connectivity index (χ2n) is 7.22. The molecule has 0 aliphatic rings. The van der Waals surface area contributed by atoms with Crippen molar-refractivity contribution in [2.24, 2.45) is 0 Å². The molecule has 29 heavy (non-hydrogen) atoms. The maximum Gasteiger partial charge on any atom is 0.0991 e. The van der Waals surface area contributed by atoms with Crippen molar-refractivity contribution in [2.75, 3.05) is 5.32 Å². The van der Waals surface area contributed by atoms with E-state index in [0.29, 0.717) is 5.56 Å². The molecule has 4 nitrogen and oxygen atoms in total. The molecule has 0 atom stereocenters. The number of anilines is 1. The first-order valence-electron chi connectivity index (χ1n) is 9.99. The van der Waals surface area contributed by atoms with Crippen LogP contribution in [-0.4, -0.2) is 9.55 Å². The number of nitrogens with zero attached hydrogens (tertiary/aromatic N) is 3. The first kappa shape index (κ1) is 19.2. The minimum atomic E-state index is 0.684. The van der Waals surface area contributed by atoms with Crippen molar-refractivity contribution >= 4 is 27.1 Å². The SMILES string of the molecule is CCCCc1csc2c(NCc3cncn3Cc3ccc(C#N)cc3)cccc12. The lowest BCUT2D eigenvalue weighted by Crippen LogP contribution is -2.08. The van der Waals surface area contributed by atoms with Crippen LogP contribution >= 0.6 is 11.3 Å². The van der Waals surface area contributed by atoms with Gasteiger partial charge >= 0.3 is 0 Å². The molecule has 2 aromatic carbocycles. The minimum absolute atomic E-state index is 0.684. The summed E-state index contributed by atoms with van der Waals surface area (Å²) < 4.78 is 3.48. The molecular formula is C24H24N4S. The Morgan fingerprint density at radius 2 is 2.03 bits per heavy atom. The number of rotatable bonds is 8. The van der Waals surface area contributed by atoms with Crippen molar-refractivity contribution in [1.82, 2.24) is 9.55 Å². The molecule has 1 N–H and O–H groups in total. The second kappa shape index (κ2) is 8.93. The van der Waals surface area contributed by atoms with E-state index in [2.05, 4.69) is 51.4 Å². The molecule has 0 saturated heterocycles. The summed E-state index contributed by atoms with van der Waals surface area (Å²) in [4.78, 5) is 4.34. The normalized spacial score (nSPS) is 10.9. The Bertz CT molecular complexity index is 1130. The molecule has 146 valence electrons. The number of imidazole rings is 1. The van der Waals surface area contributed by atoms with Crippen LogP contribution in [0.3, 0.4) is 0 Å². The van der Waals surface area contributed by atoms with Crippen LogP contribution in [0.5, 0.6) is 0 Å². The molecule has 0 amide bonds. The molecule has 4 rings (SSSR count). The van der Waals surface area contributed by atoms with Crippen LogP contribution in [0.2, 0.25) is 0 Å². The van der Waals surface area contributed by atoms with E-state index < -0.39 is 0 Å². The zero-order valence-corrected chi connectivity index (χ0v) is 17.4. The van der Waals surface area contributed by atoms with E-state index in [1.807, 2.05) is 48.1 Å². The first-order chi connectivity index (χ1) is 14.3. The topological polar surface area (TPSA) is 53.6 Å². The number of thiophene rings is 1. The van der Waals surface area contributed by atoms with E-state index in [1.165, 1.54) is 34.2 Å². The lowest BCUT2D eigenvalue weighted by Gasteiger charge is -2.11. The molecule has 0 saturated carbocycles. The van der Waals surface area contributed by atoms with Gasteiger partial charge in [0.15, 0.2) is 0 Å².